The van der Waals surface area contributed by atoms with E-state index in [2.05, 4.69) is 75.4 Å². The SMILES string of the molecule is c1ccc(C(Sc2nnc(C3CC3)n2Cc2ccco2)c2ccccc2)cc1. The number of thioether (sulfide) groups is 1. The lowest BCUT2D eigenvalue weighted by Gasteiger charge is -2.18. The van der Waals surface area contributed by atoms with E-state index in [1.54, 1.807) is 18.0 Å². The highest BCUT2D eigenvalue weighted by Crippen LogP contribution is 2.43. The van der Waals surface area contributed by atoms with Gasteiger partial charge >= 0.3 is 0 Å². The predicted molar refractivity (Wildman–Crippen MR) is 110 cm³/mol. The zero-order valence-corrected chi connectivity index (χ0v) is 16.3. The Hall–Kier alpha value is -2.79. The summed E-state index contributed by atoms with van der Waals surface area (Å²) in [5, 5.41) is 10.2. The van der Waals surface area contributed by atoms with Gasteiger partial charge in [-0.2, -0.15) is 0 Å². The van der Waals surface area contributed by atoms with Crippen LogP contribution in [0.4, 0.5) is 0 Å². The van der Waals surface area contributed by atoms with Crippen molar-refractivity contribution in [3.8, 4) is 0 Å². The third kappa shape index (κ3) is 3.62. The first-order valence-corrected chi connectivity index (χ1v) is 10.5. The Morgan fingerprint density at radius 2 is 1.57 bits per heavy atom. The van der Waals surface area contributed by atoms with E-state index < -0.39 is 0 Å². The summed E-state index contributed by atoms with van der Waals surface area (Å²) in [5.74, 6) is 2.54. The molecular weight excluding hydrogens is 366 g/mol. The molecule has 0 saturated heterocycles. The molecule has 2 aromatic heterocycles. The van der Waals surface area contributed by atoms with Crippen molar-refractivity contribution in [2.24, 2.45) is 0 Å². The van der Waals surface area contributed by atoms with Crippen molar-refractivity contribution in [3.63, 3.8) is 0 Å². The normalized spacial score (nSPS) is 13.9. The van der Waals surface area contributed by atoms with Gasteiger partial charge in [0.2, 0.25) is 0 Å². The summed E-state index contributed by atoms with van der Waals surface area (Å²) in [7, 11) is 0. The highest BCUT2D eigenvalue weighted by Gasteiger charge is 2.31. The summed E-state index contributed by atoms with van der Waals surface area (Å²) in [5.41, 5.74) is 2.53. The lowest BCUT2D eigenvalue weighted by atomic mass is 10.0. The zero-order chi connectivity index (χ0) is 18.8. The molecule has 0 aliphatic heterocycles. The summed E-state index contributed by atoms with van der Waals surface area (Å²) in [6.07, 6.45) is 4.11. The predicted octanol–water partition coefficient (Wildman–Crippen LogP) is 5.68. The third-order valence-electron chi connectivity index (χ3n) is 5.01. The first kappa shape index (κ1) is 17.3. The number of hydrogen-bond acceptors (Lipinski definition) is 4. The molecule has 0 spiro atoms. The smallest absolute Gasteiger partial charge is 0.192 e. The summed E-state index contributed by atoms with van der Waals surface area (Å²) in [6.45, 7) is 0.671. The van der Waals surface area contributed by atoms with Crippen LogP contribution in [0.15, 0.2) is 88.6 Å². The molecule has 0 bridgehead atoms. The molecule has 0 unspecified atom stereocenters. The molecule has 0 radical (unpaired) electrons. The van der Waals surface area contributed by atoms with Gasteiger partial charge < -0.3 is 4.42 Å². The summed E-state index contributed by atoms with van der Waals surface area (Å²) < 4.78 is 7.84. The van der Waals surface area contributed by atoms with Crippen molar-refractivity contribution in [2.75, 3.05) is 0 Å². The van der Waals surface area contributed by atoms with Crippen LogP contribution in [0.25, 0.3) is 0 Å². The van der Waals surface area contributed by atoms with E-state index in [0.29, 0.717) is 12.5 Å². The van der Waals surface area contributed by atoms with Crippen LogP contribution in [0.1, 0.15) is 46.7 Å². The second-order valence-electron chi connectivity index (χ2n) is 7.10. The zero-order valence-electron chi connectivity index (χ0n) is 15.4. The second-order valence-corrected chi connectivity index (χ2v) is 8.17. The second kappa shape index (κ2) is 7.68. The van der Waals surface area contributed by atoms with Crippen molar-refractivity contribution in [3.05, 3.63) is 102 Å². The maximum Gasteiger partial charge on any atom is 0.192 e. The highest BCUT2D eigenvalue weighted by molar-refractivity contribution is 7.99. The lowest BCUT2D eigenvalue weighted by Crippen LogP contribution is -2.07. The maximum absolute atomic E-state index is 5.61. The van der Waals surface area contributed by atoms with Gasteiger partial charge in [0.05, 0.1) is 18.1 Å². The summed E-state index contributed by atoms with van der Waals surface area (Å²) in [6, 6.07) is 25.1. The Morgan fingerprint density at radius 3 is 2.14 bits per heavy atom. The molecule has 1 aliphatic rings. The molecule has 5 rings (SSSR count). The fourth-order valence-electron chi connectivity index (χ4n) is 3.43. The topological polar surface area (TPSA) is 43.9 Å². The van der Waals surface area contributed by atoms with Gasteiger partial charge in [-0.25, -0.2) is 0 Å². The fraction of sp³-hybridized carbons (Fsp3) is 0.217. The van der Waals surface area contributed by atoms with Crippen LogP contribution in [0, 0.1) is 0 Å². The Bertz CT molecular complexity index is 985. The van der Waals surface area contributed by atoms with Gasteiger partial charge in [0.25, 0.3) is 0 Å². The van der Waals surface area contributed by atoms with Crippen molar-refractivity contribution in [2.45, 2.75) is 35.7 Å². The standard InChI is InChI=1S/C23H21N3OS/c1-3-8-17(9-4-1)21(18-10-5-2-6-11-18)28-23-25-24-22(19-13-14-19)26(23)16-20-12-7-15-27-20/h1-12,15,19,21H,13-14,16H2. The molecule has 28 heavy (non-hydrogen) atoms. The number of rotatable bonds is 7. The minimum atomic E-state index is 0.161. The molecule has 1 aliphatic carbocycles. The number of furan rings is 1. The van der Waals surface area contributed by atoms with Gasteiger partial charge in [-0.15, -0.1) is 10.2 Å². The largest absolute Gasteiger partial charge is 0.467 e. The van der Waals surface area contributed by atoms with Gasteiger partial charge in [0.15, 0.2) is 5.16 Å². The van der Waals surface area contributed by atoms with Gasteiger partial charge in [-0.05, 0) is 36.1 Å². The molecule has 1 saturated carbocycles. The lowest BCUT2D eigenvalue weighted by molar-refractivity contribution is 0.478. The Morgan fingerprint density at radius 1 is 0.893 bits per heavy atom. The Labute approximate surface area is 168 Å². The van der Waals surface area contributed by atoms with Gasteiger partial charge in [0.1, 0.15) is 11.6 Å². The molecule has 0 amide bonds. The van der Waals surface area contributed by atoms with Crippen LogP contribution >= 0.6 is 11.8 Å². The summed E-state index contributed by atoms with van der Waals surface area (Å²) in [4.78, 5) is 0. The van der Waals surface area contributed by atoms with E-state index in [1.165, 1.54) is 24.0 Å². The van der Waals surface area contributed by atoms with Crippen LogP contribution in [0.5, 0.6) is 0 Å². The van der Waals surface area contributed by atoms with Crippen molar-refractivity contribution >= 4 is 11.8 Å². The van der Waals surface area contributed by atoms with E-state index in [1.807, 2.05) is 12.1 Å². The minimum absolute atomic E-state index is 0.161. The van der Waals surface area contributed by atoms with E-state index >= 15 is 0 Å². The molecule has 1 fully saturated rings. The molecule has 5 heteroatoms. The van der Waals surface area contributed by atoms with Gasteiger partial charge in [-0.3, -0.25) is 4.57 Å². The fourth-order valence-corrected chi connectivity index (χ4v) is 4.60. The first-order valence-electron chi connectivity index (χ1n) is 9.60. The number of nitrogens with zero attached hydrogens (tertiary/aromatic N) is 3. The van der Waals surface area contributed by atoms with Crippen LogP contribution < -0.4 is 0 Å². The number of aromatic nitrogens is 3. The third-order valence-corrected chi connectivity index (χ3v) is 6.30. The summed E-state index contributed by atoms with van der Waals surface area (Å²) >= 11 is 1.76. The van der Waals surface area contributed by atoms with E-state index in [4.69, 9.17) is 4.42 Å². The highest BCUT2D eigenvalue weighted by atomic mass is 32.2. The van der Waals surface area contributed by atoms with E-state index in [9.17, 15) is 0 Å². The molecule has 140 valence electrons. The molecule has 0 N–H and O–H groups in total. The maximum atomic E-state index is 5.61. The van der Waals surface area contributed by atoms with Crippen molar-refractivity contribution < 1.29 is 4.42 Å². The van der Waals surface area contributed by atoms with Crippen LogP contribution in [0.2, 0.25) is 0 Å². The van der Waals surface area contributed by atoms with Crippen molar-refractivity contribution in [1.82, 2.24) is 14.8 Å². The first-order chi connectivity index (χ1) is 13.9. The minimum Gasteiger partial charge on any atom is -0.467 e. The number of hydrogen-bond donors (Lipinski definition) is 0. The number of benzene rings is 2. The van der Waals surface area contributed by atoms with E-state index in [-0.39, 0.29) is 5.25 Å². The molecule has 4 nitrogen and oxygen atoms in total. The van der Waals surface area contributed by atoms with Gasteiger partial charge in [0, 0.05) is 5.92 Å². The van der Waals surface area contributed by atoms with Crippen LogP contribution in [-0.2, 0) is 6.54 Å². The average molecular weight is 388 g/mol. The Balaban J connectivity index is 1.52. The van der Waals surface area contributed by atoms with E-state index in [0.717, 1.165) is 16.7 Å². The molecule has 0 atom stereocenters. The molecule has 4 aromatic rings. The molecule has 2 aromatic carbocycles. The van der Waals surface area contributed by atoms with Crippen LogP contribution in [0.3, 0.4) is 0 Å². The van der Waals surface area contributed by atoms with Gasteiger partial charge in [-0.1, -0.05) is 72.4 Å². The molecular formula is C23H21N3OS. The monoisotopic (exact) mass is 387 g/mol. The Kier molecular flexibility index (Phi) is 4.75. The van der Waals surface area contributed by atoms with Crippen LogP contribution in [-0.4, -0.2) is 14.8 Å². The molecule has 2 heterocycles. The van der Waals surface area contributed by atoms with Crippen molar-refractivity contribution in [1.29, 1.82) is 0 Å². The quantitative estimate of drug-likeness (QED) is 0.383. The average Bonchev–Trinajstić information content (AvgIpc) is 3.32.